The van der Waals surface area contributed by atoms with E-state index < -0.39 is 6.09 Å². The number of hydrogen-bond acceptors (Lipinski definition) is 2. The number of carbonyl (C=O) groups excluding carboxylic acids is 1. The summed E-state index contributed by atoms with van der Waals surface area (Å²) in [6.07, 6.45) is 3.46. The van der Waals surface area contributed by atoms with Gasteiger partial charge in [0.05, 0.1) is 0 Å². The summed E-state index contributed by atoms with van der Waals surface area (Å²) in [5.74, 6) is 0.0698. The highest BCUT2D eigenvalue weighted by molar-refractivity contribution is 6.30. The summed E-state index contributed by atoms with van der Waals surface area (Å²) in [5, 5.41) is 3.50. The van der Waals surface area contributed by atoms with Crippen LogP contribution in [0.1, 0.15) is 28.2 Å². The van der Waals surface area contributed by atoms with Gasteiger partial charge < -0.3 is 10.1 Å². The second-order valence-corrected chi connectivity index (χ2v) is 7.55. The van der Waals surface area contributed by atoms with Gasteiger partial charge in [-0.2, -0.15) is 0 Å². The number of benzene rings is 3. The van der Waals surface area contributed by atoms with E-state index in [1.165, 1.54) is 22.3 Å². The maximum atomic E-state index is 12.2. The average Bonchev–Trinajstić information content (AvgIpc) is 3.05. The predicted octanol–water partition coefficient (Wildman–Crippen LogP) is 6.20. The first-order valence-electron chi connectivity index (χ1n) is 9.65. The Bertz CT molecular complexity index is 1030. The molecule has 1 amide bonds. The molecule has 0 fully saturated rings. The fourth-order valence-electron chi connectivity index (χ4n) is 3.80. The molecule has 0 saturated carbocycles. The topological polar surface area (TPSA) is 38.3 Å². The van der Waals surface area contributed by atoms with E-state index in [2.05, 4.69) is 29.6 Å². The standard InChI is InChI=1S/C25H22ClNO2/c1-17-15-19(26)13-12-18(17)7-6-14-27-25(28)29-16-24-22-10-4-2-8-20(22)21-9-3-5-11-23(21)24/h2-13,15,24H,14,16H2,1H3,(H,27,28). The molecule has 3 aromatic carbocycles. The molecule has 0 unspecified atom stereocenters. The third kappa shape index (κ3) is 4.20. The Morgan fingerprint density at radius 3 is 2.34 bits per heavy atom. The van der Waals surface area contributed by atoms with Crippen molar-refractivity contribution in [2.45, 2.75) is 12.8 Å². The molecule has 4 rings (SSSR count). The van der Waals surface area contributed by atoms with Gasteiger partial charge in [-0.1, -0.05) is 78.4 Å². The van der Waals surface area contributed by atoms with Crippen LogP contribution in [0.4, 0.5) is 4.79 Å². The van der Waals surface area contributed by atoms with Crippen LogP contribution in [0.5, 0.6) is 0 Å². The zero-order valence-electron chi connectivity index (χ0n) is 16.2. The van der Waals surface area contributed by atoms with E-state index in [-0.39, 0.29) is 5.92 Å². The van der Waals surface area contributed by atoms with Crippen LogP contribution in [0.25, 0.3) is 17.2 Å². The normalized spacial score (nSPS) is 12.6. The number of carbonyl (C=O) groups is 1. The van der Waals surface area contributed by atoms with Crippen molar-refractivity contribution in [3.63, 3.8) is 0 Å². The van der Waals surface area contributed by atoms with Gasteiger partial charge in [0.2, 0.25) is 0 Å². The SMILES string of the molecule is Cc1cc(Cl)ccc1C=CCNC(=O)OCC1c2ccccc2-c2ccccc21. The van der Waals surface area contributed by atoms with Crippen molar-refractivity contribution in [1.29, 1.82) is 0 Å². The van der Waals surface area contributed by atoms with E-state index in [0.717, 1.165) is 16.1 Å². The molecule has 0 spiro atoms. The minimum absolute atomic E-state index is 0.0698. The number of nitrogens with one attached hydrogen (secondary N) is 1. The highest BCUT2D eigenvalue weighted by atomic mass is 35.5. The molecule has 4 heteroatoms. The molecular formula is C25H22ClNO2. The highest BCUT2D eigenvalue weighted by Crippen LogP contribution is 2.44. The molecule has 3 aromatic rings. The van der Waals surface area contributed by atoms with Gasteiger partial charge in [-0.05, 0) is 52.4 Å². The Labute approximate surface area is 176 Å². The molecule has 0 saturated heterocycles. The number of aryl methyl sites for hydroxylation is 1. The van der Waals surface area contributed by atoms with Crippen LogP contribution in [0.3, 0.4) is 0 Å². The number of fused-ring (bicyclic) bond motifs is 3. The van der Waals surface area contributed by atoms with Crippen LogP contribution in [-0.4, -0.2) is 19.2 Å². The summed E-state index contributed by atoms with van der Waals surface area (Å²) in [6.45, 7) is 2.73. The van der Waals surface area contributed by atoms with Crippen molar-refractivity contribution in [2.24, 2.45) is 0 Å². The van der Waals surface area contributed by atoms with Crippen LogP contribution in [0, 0.1) is 6.92 Å². The van der Waals surface area contributed by atoms with E-state index in [4.69, 9.17) is 16.3 Å². The van der Waals surface area contributed by atoms with Gasteiger partial charge in [-0.3, -0.25) is 0 Å². The van der Waals surface area contributed by atoms with Crippen LogP contribution in [0.15, 0.2) is 72.8 Å². The highest BCUT2D eigenvalue weighted by Gasteiger charge is 2.28. The van der Waals surface area contributed by atoms with Crippen molar-refractivity contribution in [3.05, 3.63) is 100 Å². The average molecular weight is 404 g/mol. The van der Waals surface area contributed by atoms with E-state index in [0.29, 0.717) is 13.2 Å². The molecule has 29 heavy (non-hydrogen) atoms. The Morgan fingerprint density at radius 1 is 1.03 bits per heavy atom. The summed E-state index contributed by atoms with van der Waals surface area (Å²) in [4.78, 5) is 12.2. The van der Waals surface area contributed by atoms with Gasteiger partial charge in [0.1, 0.15) is 6.61 Å². The lowest BCUT2D eigenvalue weighted by molar-refractivity contribution is 0.144. The molecule has 1 aliphatic rings. The van der Waals surface area contributed by atoms with E-state index >= 15 is 0 Å². The van der Waals surface area contributed by atoms with Crippen LogP contribution >= 0.6 is 11.6 Å². The third-order valence-electron chi connectivity index (χ3n) is 5.24. The van der Waals surface area contributed by atoms with Crippen LogP contribution < -0.4 is 5.32 Å². The Hall–Kier alpha value is -3.04. The maximum absolute atomic E-state index is 12.2. The number of rotatable bonds is 5. The molecule has 0 heterocycles. The fraction of sp³-hybridized carbons (Fsp3) is 0.160. The molecular weight excluding hydrogens is 382 g/mol. The van der Waals surface area contributed by atoms with Crippen molar-refractivity contribution >= 4 is 23.8 Å². The van der Waals surface area contributed by atoms with E-state index in [1.54, 1.807) is 0 Å². The molecule has 146 valence electrons. The molecule has 0 radical (unpaired) electrons. The molecule has 1 aliphatic carbocycles. The zero-order valence-corrected chi connectivity index (χ0v) is 16.9. The minimum atomic E-state index is -0.413. The zero-order chi connectivity index (χ0) is 20.2. The summed E-state index contributed by atoms with van der Waals surface area (Å²) in [7, 11) is 0. The first-order valence-corrected chi connectivity index (χ1v) is 10.0. The van der Waals surface area contributed by atoms with Crippen molar-refractivity contribution in [2.75, 3.05) is 13.2 Å². The second kappa shape index (κ2) is 8.54. The molecule has 0 bridgehead atoms. The van der Waals surface area contributed by atoms with Gasteiger partial charge in [-0.15, -0.1) is 0 Å². The lowest BCUT2D eigenvalue weighted by Crippen LogP contribution is -2.26. The van der Waals surface area contributed by atoms with Crippen molar-refractivity contribution < 1.29 is 9.53 Å². The fourth-order valence-corrected chi connectivity index (χ4v) is 4.03. The maximum Gasteiger partial charge on any atom is 0.407 e. The summed E-state index contributed by atoms with van der Waals surface area (Å²) >= 11 is 5.97. The molecule has 0 aliphatic heterocycles. The molecule has 0 aromatic heterocycles. The number of alkyl carbamates (subject to hydrolysis) is 1. The minimum Gasteiger partial charge on any atom is -0.449 e. The van der Waals surface area contributed by atoms with Crippen LogP contribution in [0.2, 0.25) is 5.02 Å². The van der Waals surface area contributed by atoms with E-state index in [9.17, 15) is 4.79 Å². The Balaban J connectivity index is 1.34. The largest absolute Gasteiger partial charge is 0.449 e. The van der Waals surface area contributed by atoms with Gasteiger partial charge in [0.25, 0.3) is 0 Å². The Morgan fingerprint density at radius 2 is 1.69 bits per heavy atom. The van der Waals surface area contributed by atoms with Gasteiger partial charge in [-0.25, -0.2) is 4.79 Å². The molecule has 0 atom stereocenters. The van der Waals surface area contributed by atoms with Gasteiger partial charge >= 0.3 is 6.09 Å². The van der Waals surface area contributed by atoms with Crippen molar-refractivity contribution in [3.8, 4) is 11.1 Å². The quantitative estimate of drug-likeness (QED) is 0.550. The number of amides is 1. The van der Waals surface area contributed by atoms with E-state index in [1.807, 2.05) is 61.5 Å². The monoisotopic (exact) mass is 403 g/mol. The van der Waals surface area contributed by atoms with Crippen molar-refractivity contribution in [1.82, 2.24) is 5.32 Å². The predicted molar refractivity (Wildman–Crippen MR) is 118 cm³/mol. The van der Waals surface area contributed by atoms with Crippen LogP contribution in [-0.2, 0) is 4.74 Å². The number of hydrogen-bond donors (Lipinski definition) is 1. The first-order chi connectivity index (χ1) is 14.1. The first kappa shape index (κ1) is 19.3. The Kier molecular flexibility index (Phi) is 5.68. The summed E-state index contributed by atoms with van der Waals surface area (Å²) in [6, 6.07) is 22.3. The van der Waals surface area contributed by atoms with Gasteiger partial charge in [0, 0.05) is 17.5 Å². The second-order valence-electron chi connectivity index (χ2n) is 7.11. The number of ether oxygens (including phenoxy) is 1. The third-order valence-corrected chi connectivity index (χ3v) is 5.47. The summed E-state index contributed by atoms with van der Waals surface area (Å²) in [5.41, 5.74) is 7.02. The lowest BCUT2D eigenvalue weighted by atomic mass is 9.98. The smallest absolute Gasteiger partial charge is 0.407 e. The summed E-state index contributed by atoms with van der Waals surface area (Å²) < 4.78 is 5.53. The lowest BCUT2D eigenvalue weighted by Gasteiger charge is -2.14. The van der Waals surface area contributed by atoms with Gasteiger partial charge in [0.15, 0.2) is 0 Å². The number of halogens is 1. The molecule has 3 nitrogen and oxygen atoms in total. The molecule has 1 N–H and O–H groups in total.